The van der Waals surface area contributed by atoms with Crippen LogP contribution >= 0.6 is 0 Å². The van der Waals surface area contributed by atoms with Gasteiger partial charge in [-0.2, -0.15) is 0 Å². The van der Waals surface area contributed by atoms with Crippen LogP contribution in [-0.4, -0.2) is 35.5 Å². The van der Waals surface area contributed by atoms with Crippen LogP contribution in [-0.2, 0) is 11.2 Å². The second-order valence-electron chi connectivity index (χ2n) is 6.05. The number of aryl methyl sites for hydroxylation is 1. The highest BCUT2D eigenvalue weighted by atomic mass is 16.4. The van der Waals surface area contributed by atoms with Gasteiger partial charge in [0.25, 0.3) is 0 Å². The number of hydrogen-bond donors (Lipinski definition) is 1. The second kappa shape index (κ2) is 8.29. The molecule has 0 aromatic heterocycles. The van der Waals surface area contributed by atoms with Crippen molar-refractivity contribution in [3.63, 3.8) is 0 Å². The first-order chi connectivity index (χ1) is 11.5. The number of carbonyl (C=O) groups excluding carboxylic acids is 1. The predicted molar refractivity (Wildman–Crippen MR) is 94.2 cm³/mol. The minimum Gasteiger partial charge on any atom is -0.478 e. The fourth-order valence-corrected chi connectivity index (χ4v) is 2.78. The van der Waals surface area contributed by atoms with Gasteiger partial charge < -0.3 is 10.0 Å². The first-order valence-electron chi connectivity index (χ1n) is 8.09. The number of carboxylic acids is 1. The molecule has 0 aliphatic rings. The van der Waals surface area contributed by atoms with E-state index in [0.29, 0.717) is 24.9 Å². The van der Waals surface area contributed by atoms with E-state index in [2.05, 4.69) is 19.1 Å². The van der Waals surface area contributed by atoms with Crippen molar-refractivity contribution < 1.29 is 14.7 Å². The molecule has 2 rings (SSSR count). The van der Waals surface area contributed by atoms with Crippen molar-refractivity contribution >= 4 is 11.9 Å². The fraction of sp³-hybridized carbons (Fsp3) is 0.300. The van der Waals surface area contributed by atoms with Crippen molar-refractivity contribution in [2.45, 2.75) is 25.7 Å². The molecule has 0 aliphatic carbocycles. The van der Waals surface area contributed by atoms with E-state index in [1.807, 2.05) is 18.2 Å². The summed E-state index contributed by atoms with van der Waals surface area (Å²) < 4.78 is 0. The molecular weight excluding hydrogens is 302 g/mol. The number of benzene rings is 2. The third kappa shape index (κ3) is 4.69. The lowest BCUT2D eigenvalue weighted by molar-refractivity contribution is -0.130. The van der Waals surface area contributed by atoms with Crippen LogP contribution < -0.4 is 0 Å². The average Bonchev–Trinajstić information content (AvgIpc) is 2.60. The van der Waals surface area contributed by atoms with E-state index < -0.39 is 5.97 Å². The second-order valence-corrected chi connectivity index (χ2v) is 6.05. The van der Waals surface area contributed by atoms with E-state index in [1.165, 1.54) is 5.56 Å². The van der Waals surface area contributed by atoms with Crippen molar-refractivity contribution in [1.82, 2.24) is 4.90 Å². The number of amides is 1. The van der Waals surface area contributed by atoms with E-state index in [9.17, 15) is 14.7 Å². The van der Waals surface area contributed by atoms with E-state index in [1.54, 1.807) is 36.2 Å². The minimum absolute atomic E-state index is 0.0259. The Hall–Kier alpha value is -2.62. The molecule has 0 fully saturated rings. The smallest absolute Gasteiger partial charge is 0.335 e. The number of rotatable bonds is 7. The maximum atomic E-state index is 12.3. The van der Waals surface area contributed by atoms with E-state index in [4.69, 9.17) is 0 Å². The van der Waals surface area contributed by atoms with Crippen LogP contribution in [0.4, 0.5) is 0 Å². The third-order valence-corrected chi connectivity index (χ3v) is 4.20. The Morgan fingerprint density at radius 2 is 1.67 bits per heavy atom. The van der Waals surface area contributed by atoms with Crippen molar-refractivity contribution in [2.24, 2.45) is 0 Å². The number of likely N-dealkylation sites (N-methyl/N-ethyl adjacent to an activating group) is 1. The standard InChI is InChI=1S/C20H23NO3/c1-15(16-8-4-3-5-9-16)14-21(2)19(22)13-12-17-10-6-7-11-18(17)20(23)24/h3-11,15H,12-14H2,1-2H3,(H,23,24). The summed E-state index contributed by atoms with van der Waals surface area (Å²) in [6, 6.07) is 16.9. The lowest BCUT2D eigenvalue weighted by Gasteiger charge is -2.22. The van der Waals surface area contributed by atoms with E-state index >= 15 is 0 Å². The Kier molecular flexibility index (Phi) is 6.13. The molecule has 2 aromatic rings. The fourth-order valence-electron chi connectivity index (χ4n) is 2.78. The van der Waals surface area contributed by atoms with Gasteiger partial charge in [-0.05, 0) is 29.5 Å². The summed E-state index contributed by atoms with van der Waals surface area (Å²) in [5, 5.41) is 9.19. The van der Waals surface area contributed by atoms with Crippen LogP contribution in [0, 0.1) is 0 Å². The minimum atomic E-state index is -0.955. The number of carbonyl (C=O) groups is 2. The predicted octanol–water partition coefficient (Wildman–Crippen LogP) is 3.58. The first kappa shape index (κ1) is 17.7. The average molecular weight is 325 g/mol. The lowest BCUT2D eigenvalue weighted by Crippen LogP contribution is -2.30. The zero-order valence-corrected chi connectivity index (χ0v) is 14.1. The van der Waals surface area contributed by atoms with Gasteiger partial charge in [0.1, 0.15) is 0 Å². The molecule has 0 radical (unpaired) electrons. The molecule has 1 N–H and O–H groups in total. The Morgan fingerprint density at radius 1 is 1.04 bits per heavy atom. The van der Waals surface area contributed by atoms with Gasteiger partial charge in [0, 0.05) is 20.0 Å². The summed E-state index contributed by atoms with van der Waals surface area (Å²) in [5.41, 5.74) is 2.17. The van der Waals surface area contributed by atoms with Gasteiger partial charge in [0.15, 0.2) is 0 Å². The third-order valence-electron chi connectivity index (χ3n) is 4.20. The van der Waals surface area contributed by atoms with Gasteiger partial charge in [-0.25, -0.2) is 4.79 Å². The molecular formula is C20H23NO3. The van der Waals surface area contributed by atoms with E-state index in [0.717, 1.165) is 0 Å². The van der Waals surface area contributed by atoms with Crippen LogP contribution in [0.3, 0.4) is 0 Å². The summed E-state index contributed by atoms with van der Waals surface area (Å²) in [5.74, 6) is -0.673. The van der Waals surface area contributed by atoms with Crippen molar-refractivity contribution in [3.8, 4) is 0 Å². The van der Waals surface area contributed by atoms with Gasteiger partial charge in [0.2, 0.25) is 5.91 Å². The van der Waals surface area contributed by atoms with Gasteiger partial charge in [-0.3, -0.25) is 4.79 Å². The van der Waals surface area contributed by atoms with Crippen LogP contribution in [0.25, 0.3) is 0 Å². The molecule has 0 bridgehead atoms. The summed E-state index contributed by atoms with van der Waals surface area (Å²) in [6.45, 7) is 2.74. The first-order valence-corrected chi connectivity index (χ1v) is 8.09. The topological polar surface area (TPSA) is 57.6 Å². The Bertz CT molecular complexity index is 697. The number of carboxylic acid groups (broad SMARTS) is 1. The van der Waals surface area contributed by atoms with Crippen LogP contribution in [0.15, 0.2) is 54.6 Å². The molecule has 4 nitrogen and oxygen atoms in total. The number of nitrogens with zero attached hydrogens (tertiary/aromatic N) is 1. The molecule has 126 valence electrons. The Labute approximate surface area is 142 Å². The lowest BCUT2D eigenvalue weighted by atomic mass is 10.00. The summed E-state index contributed by atoms with van der Waals surface area (Å²) in [6.07, 6.45) is 0.744. The summed E-state index contributed by atoms with van der Waals surface area (Å²) >= 11 is 0. The molecule has 0 heterocycles. The highest BCUT2D eigenvalue weighted by Crippen LogP contribution is 2.17. The van der Waals surface area contributed by atoms with Crippen LogP contribution in [0.5, 0.6) is 0 Å². The van der Waals surface area contributed by atoms with Crippen molar-refractivity contribution in [3.05, 3.63) is 71.3 Å². The molecule has 0 saturated heterocycles. The summed E-state index contributed by atoms with van der Waals surface area (Å²) in [7, 11) is 1.80. The van der Waals surface area contributed by atoms with Gasteiger partial charge in [0.05, 0.1) is 5.56 Å². The SMILES string of the molecule is CC(CN(C)C(=O)CCc1ccccc1C(=O)O)c1ccccc1. The van der Waals surface area contributed by atoms with Crippen LogP contribution in [0.1, 0.15) is 40.7 Å². The molecule has 1 unspecified atom stereocenters. The summed E-state index contributed by atoms with van der Waals surface area (Å²) in [4.78, 5) is 25.3. The highest BCUT2D eigenvalue weighted by Gasteiger charge is 2.15. The normalized spacial score (nSPS) is 11.8. The maximum Gasteiger partial charge on any atom is 0.335 e. The largest absolute Gasteiger partial charge is 0.478 e. The van der Waals surface area contributed by atoms with Crippen LogP contribution in [0.2, 0.25) is 0 Å². The molecule has 4 heteroatoms. The Balaban J connectivity index is 1.92. The van der Waals surface area contributed by atoms with E-state index in [-0.39, 0.29) is 17.4 Å². The van der Waals surface area contributed by atoms with Gasteiger partial charge in [-0.15, -0.1) is 0 Å². The van der Waals surface area contributed by atoms with Crippen molar-refractivity contribution in [1.29, 1.82) is 0 Å². The molecule has 2 aromatic carbocycles. The van der Waals surface area contributed by atoms with Crippen molar-refractivity contribution in [2.75, 3.05) is 13.6 Å². The molecule has 1 atom stereocenters. The van der Waals surface area contributed by atoms with Gasteiger partial charge in [-0.1, -0.05) is 55.5 Å². The molecule has 0 saturated carbocycles. The number of hydrogen-bond acceptors (Lipinski definition) is 2. The highest BCUT2D eigenvalue weighted by molar-refractivity contribution is 5.89. The molecule has 1 amide bonds. The monoisotopic (exact) mass is 325 g/mol. The molecule has 24 heavy (non-hydrogen) atoms. The Morgan fingerprint density at radius 3 is 2.33 bits per heavy atom. The molecule has 0 spiro atoms. The maximum absolute atomic E-state index is 12.3. The zero-order chi connectivity index (χ0) is 17.5. The number of aromatic carboxylic acids is 1. The van der Waals surface area contributed by atoms with Gasteiger partial charge >= 0.3 is 5.97 Å². The molecule has 0 aliphatic heterocycles. The zero-order valence-electron chi connectivity index (χ0n) is 14.1. The quantitative estimate of drug-likeness (QED) is 0.846.